The van der Waals surface area contributed by atoms with Crippen molar-refractivity contribution in [3.05, 3.63) is 76.5 Å². The molecule has 1 amide bonds. The molecule has 5 nitrogen and oxygen atoms in total. The quantitative estimate of drug-likeness (QED) is 0.508. The monoisotopic (exact) mass is 398 g/mol. The molecule has 25 heavy (non-hydrogen) atoms. The van der Waals surface area contributed by atoms with E-state index >= 15 is 0 Å². The Morgan fingerprint density at radius 1 is 1.08 bits per heavy atom. The Hall–Kier alpha value is -2.86. The number of hydrazone groups is 1. The molecule has 0 unspecified atom stereocenters. The minimum atomic E-state index is -0.307. The second-order valence-corrected chi connectivity index (χ2v) is 6.05. The van der Waals surface area contributed by atoms with Crippen molar-refractivity contribution in [2.45, 2.75) is 0 Å². The lowest BCUT2D eigenvalue weighted by atomic mass is 10.2. The zero-order valence-corrected chi connectivity index (χ0v) is 15.0. The summed E-state index contributed by atoms with van der Waals surface area (Å²) in [6.45, 7) is 0. The number of hydrogen-bond donors (Lipinski definition) is 1. The number of carbonyl (C=O) groups is 1. The maximum atomic E-state index is 12.0. The van der Waals surface area contributed by atoms with Gasteiger partial charge in [-0.05, 0) is 48.5 Å². The minimum absolute atomic E-state index is 0.307. The SMILES string of the molecule is COc1ccc(C(=O)NN=Cc2ccc(-c3ccc(Br)cc3)o2)cc1. The molecular weight excluding hydrogens is 384 g/mol. The molecule has 0 aliphatic carbocycles. The third kappa shape index (κ3) is 4.36. The van der Waals surface area contributed by atoms with Gasteiger partial charge < -0.3 is 9.15 Å². The molecule has 3 aromatic rings. The van der Waals surface area contributed by atoms with E-state index in [2.05, 4.69) is 26.5 Å². The van der Waals surface area contributed by atoms with Crippen LogP contribution >= 0.6 is 15.9 Å². The molecule has 0 aliphatic rings. The fourth-order valence-corrected chi connectivity index (χ4v) is 2.42. The summed E-state index contributed by atoms with van der Waals surface area (Å²) < 4.78 is 11.8. The van der Waals surface area contributed by atoms with Crippen molar-refractivity contribution in [1.29, 1.82) is 0 Å². The molecule has 0 aliphatic heterocycles. The topological polar surface area (TPSA) is 63.8 Å². The molecule has 0 saturated carbocycles. The van der Waals surface area contributed by atoms with Gasteiger partial charge in [-0.2, -0.15) is 5.10 Å². The molecular formula is C19H15BrN2O3. The molecule has 126 valence electrons. The largest absolute Gasteiger partial charge is 0.497 e. The van der Waals surface area contributed by atoms with Crippen LogP contribution in [0.2, 0.25) is 0 Å². The maximum Gasteiger partial charge on any atom is 0.271 e. The number of carbonyl (C=O) groups excluding carboxylic acids is 1. The Morgan fingerprint density at radius 2 is 1.80 bits per heavy atom. The molecule has 0 atom stereocenters. The van der Waals surface area contributed by atoms with Crippen molar-refractivity contribution in [3.8, 4) is 17.1 Å². The average Bonchev–Trinajstić information content (AvgIpc) is 3.11. The summed E-state index contributed by atoms with van der Waals surface area (Å²) in [6.07, 6.45) is 1.46. The third-order valence-electron chi connectivity index (χ3n) is 3.47. The van der Waals surface area contributed by atoms with Crippen molar-refractivity contribution in [3.63, 3.8) is 0 Å². The molecule has 1 N–H and O–H groups in total. The molecule has 1 aromatic heterocycles. The van der Waals surface area contributed by atoms with E-state index in [0.717, 1.165) is 15.8 Å². The van der Waals surface area contributed by atoms with Crippen LogP contribution in [-0.4, -0.2) is 19.2 Å². The summed E-state index contributed by atoms with van der Waals surface area (Å²) in [5.74, 6) is 1.66. The van der Waals surface area contributed by atoms with Crippen LogP contribution in [0.25, 0.3) is 11.3 Å². The molecule has 3 rings (SSSR count). The fraction of sp³-hybridized carbons (Fsp3) is 0.0526. The smallest absolute Gasteiger partial charge is 0.271 e. The molecule has 0 radical (unpaired) electrons. The van der Waals surface area contributed by atoms with E-state index < -0.39 is 0 Å². The first-order valence-corrected chi connectivity index (χ1v) is 8.28. The van der Waals surface area contributed by atoms with Crippen LogP contribution in [-0.2, 0) is 0 Å². The lowest BCUT2D eigenvalue weighted by Gasteiger charge is -2.01. The van der Waals surface area contributed by atoms with Crippen molar-refractivity contribution in [2.75, 3.05) is 7.11 Å². The Bertz CT molecular complexity index is 884. The van der Waals surface area contributed by atoms with Crippen LogP contribution in [0.3, 0.4) is 0 Å². The number of benzene rings is 2. The summed E-state index contributed by atoms with van der Waals surface area (Å²) in [7, 11) is 1.57. The van der Waals surface area contributed by atoms with Crippen LogP contribution in [0.1, 0.15) is 16.1 Å². The standard InChI is InChI=1S/C19H15BrN2O3/c1-24-16-8-4-14(5-9-16)19(23)22-21-12-17-10-11-18(25-17)13-2-6-15(20)7-3-13/h2-12H,1H3,(H,22,23). The Labute approximate surface area is 153 Å². The van der Waals surface area contributed by atoms with Gasteiger partial charge in [-0.1, -0.05) is 28.1 Å². The minimum Gasteiger partial charge on any atom is -0.497 e. The molecule has 2 aromatic carbocycles. The van der Waals surface area contributed by atoms with E-state index in [0.29, 0.717) is 17.1 Å². The normalized spacial score (nSPS) is 10.8. The highest BCUT2D eigenvalue weighted by molar-refractivity contribution is 9.10. The predicted molar refractivity (Wildman–Crippen MR) is 99.9 cm³/mol. The highest BCUT2D eigenvalue weighted by atomic mass is 79.9. The van der Waals surface area contributed by atoms with Crippen LogP contribution in [0.15, 0.2) is 74.7 Å². The van der Waals surface area contributed by atoms with Gasteiger partial charge in [-0.15, -0.1) is 0 Å². The molecule has 0 spiro atoms. The second kappa shape index (κ2) is 7.81. The lowest BCUT2D eigenvalue weighted by Crippen LogP contribution is -2.17. The number of nitrogens with zero attached hydrogens (tertiary/aromatic N) is 1. The van der Waals surface area contributed by atoms with E-state index in [4.69, 9.17) is 9.15 Å². The van der Waals surface area contributed by atoms with Gasteiger partial charge in [-0.3, -0.25) is 4.79 Å². The van der Waals surface area contributed by atoms with Crippen LogP contribution in [0, 0.1) is 0 Å². The number of ether oxygens (including phenoxy) is 1. The van der Waals surface area contributed by atoms with E-state index in [1.165, 1.54) is 6.21 Å². The van der Waals surface area contributed by atoms with Gasteiger partial charge >= 0.3 is 0 Å². The summed E-state index contributed by atoms with van der Waals surface area (Å²) in [5, 5.41) is 3.92. The maximum absolute atomic E-state index is 12.0. The number of furan rings is 1. The number of rotatable bonds is 5. The summed E-state index contributed by atoms with van der Waals surface area (Å²) in [4.78, 5) is 12.0. The zero-order chi connectivity index (χ0) is 17.6. The lowest BCUT2D eigenvalue weighted by molar-refractivity contribution is 0.0955. The van der Waals surface area contributed by atoms with E-state index in [-0.39, 0.29) is 5.91 Å². The summed E-state index contributed by atoms with van der Waals surface area (Å²) in [6, 6.07) is 18.2. The van der Waals surface area contributed by atoms with E-state index in [1.54, 1.807) is 37.4 Å². The fourth-order valence-electron chi connectivity index (χ4n) is 2.15. The average molecular weight is 399 g/mol. The molecule has 6 heteroatoms. The van der Waals surface area contributed by atoms with Gasteiger partial charge in [0.1, 0.15) is 17.3 Å². The number of halogens is 1. The summed E-state index contributed by atoms with van der Waals surface area (Å²) in [5.41, 5.74) is 3.92. The number of nitrogens with one attached hydrogen (secondary N) is 1. The van der Waals surface area contributed by atoms with Crippen molar-refractivity contribution < 1.29 is 13.9 Å². The first-order valence-electron chi connectivity index (χ1n) is 7.49. The van der Waals surface area contributed by atoms with E-state index in [9.17, 15) is 4.79 Å². The van der Waals surface area contributed by atoms with Crippen molar-refractivity contribution in [2.24, 2.45) is 5.10 Å². The predicted octanol–water partition coefficient (Wildman–Crippen LogP) is 4.48. The number of amides is 1. The third-order valence-corrected chi connectivity index (χ3v) is 3.99. The molecule has 1 heterocycles. The van der Waals surface area contributed by atoms with Gasteiger partial charge in [0.25, 0.3) is 5.91 Å². The van der Waals surface area contributed by atoms with Crippen LogP contribution in [0.5, 0.6) is 5.75 Å². The Kier molecular flexibility index (Phi) is 5.30. The van der Waals surface area contributed by atoms with Gasteiger partial charge in [0.05, 0.1) is 13.3 Å². The molecule has 0 fully saturated rings. The van der Waals surface area contributed by atoms with Crippen LogP contribution < -0.4 is 10.2 Å². The van der Waals surface area contributed by atoms with Crippen molar-refractivity contribution >= 4 is 28.1 Å². The zero-order valence-electron chi connectivity index (χ0n) is 13.4. The van der Waals surface area contributed by atoms with Crippen molar-refractivity contribution in [1.82, 2.24) is 5.43 Å². The highest BCUT2D eigenvalue weighted by Crippen LogP contribution is 2.23. The Balaban J connectivity index is 1.62. The van der Waals surface area contributed by atoms with Gasteiger partial charge in [0, 0.05) is 15.6 Å². The van der Waals surface area contributed by atoms with E-state index in [1.807, 2.05) is 30.3 Å². The summed E-state index contributed by atoms with van der Waals surface area (Å²) >= 11 is 3.40. The first-order chi connectivity index (χ1) is 12.2. The number of methoxy groups -OCH3 is 1. The highest BCUT2D eigenvalue weighted by Gasteiger charge is 2.05. The number of hydrogen-bond acceptors (Lipinski definition) is 4. The second-order valence-electron chi connectivity index (χ2n) is 5.14. The molecule has 0 saturated heterocycles. The Morgan fingerprint density at radius 3 is 2.48 bits per heavy atom. The van der Waals surface area contributed by atoms with Gasteiger partial charge in [0.15, 0.2) is 0 Å². The van der Waals surface area contributed by atoms with Gasteiger partial charge in [-0.25, -0.2) is 5.43 Å². The first kappa shape index (κ1) is 17.0. The molecule has 0 bridgehead atoms. The van der Waals surface area contributed by atoms with Crippen LogP contribution in [0.4, 0.5) is 0 Å². The van der Waals surface area contributed by atoms with Gasteiger partial charge in [0.2, 0.25) is 0 Å².